The molecule has 5 unspecified atom stereocenters. The Balaban J connectivity index is 2.75. The van der Waals surface area contributed by atoms with Gasteiger partial charge in [-0.3, -0.25) is 9.59 Å². The summed E-state index contributed by atoms with van der Waals surface area (Å²) in [6.45, 7) is 5.49. The van der Waals surface area contributed by atoms with E-state index in [0.29, 0.717) is 10.6 Å². The second-order valence-electron chi connectivity index (χ2n) is 7.45. The van der Waals surface area contributed by atoms with E-state index in [1.165, 1.54) is 0 Å². The van der Waals surface area contributed by atoms with Gasteiger partial charge in [-0.05, 0) is 31.9 Å². The van der Waals surface area contributed by atoms with Crippen molar-refractivity contribution >= 4 is 35.1 Å². The van der Waals surface area contributed by atoms with Crippen LogP contribution in [-0.4, -0.2) is 53.3 Å². The van der Waals surface area contributed by atoms with Crippen LogP contribution in [0.5, 0.6) is 0 Å². The summed E-state index contributed by atoms with van der Waals surface area (Å²) in [5, 5.41) is 24.1. The summed E-state index contributed by atoms with van der Waals surface area (Å²) in [7, 11) is 0. The molecule has 28 heavy (non-hydrogen) atoms. The number of carbonyl (C=O) groups is 2. The van der Waals surface area contributed by atoms with Gasteiger partial charge in [0, 0.05) is 28.9 Å². The van der Waals surface area contributed by atoms with Crippen LogP contribution in [0.25, 0.3) is 0 Å². The molecule has 0 spiro atoms. The summed E-state index contributed by atoms with van der Waals surface area (Å²) in [5.74, 6) is -2.73. The van der Waals surface area contributed by atoms with Crippen molar-refractivity contribution in [3.8, 4) is 0 Å². The summed E-state index contributed by atoms with van der Waals surface area (Å²) in [4.78, 5) is 25.2. The van der Waals surface area contributed by atoms with Gasteiger partial charge in [0.05, 0.1) is 24.0 Å². The Labute approximate surface area is 175 Å². The first-order valence-corrected chi connectivity index (χ1v) is 10.2. The molecule has 8 heteroatoms. The molecule has 1 aliphatic rings. The molecule has 0 aliphatic carbocycles. The Morgan fingerprint density at radius 1 is 1.25 bits per heavy atom. The third-order valence-electron chi connectivity index (χ3n) is 6.25. The molecule has 6 nitrogen and oxygen atoms in total. The fourth-order valence-electron chi connectivity index (χ4n) is 4.56. The van der Waals surface area contributed by atoms with E-state index in [0.717, 1.165) is 0 Å². The molecular formula is C20H27Cl2NO5. The number of carboxylic acids is 2. The van der Waals surface area contributed by atoms with Gasteiger partial charge in [-0.1, -0.05) is 36.7 Å². The SMILES string of the molecule is CCC1(C(=O)O)C(COCCCl)NC(C)C(C)(C(=O)O)C1c1ccccc1Cl. The molecule has 1 aromatic rings. The molecule has 0 amide bonds. The Bertz CT molecular complexity index is 730. The first-order chi connectivity index (χ1) is 13.2. The molecular weight excluding hydrogens is 405 g/mol. The number of hydrogen-bond donors (Lipinski definition) is 3. The monoisotopic (exact) mass is 431 g/mol. The number of piperidine rings is 1. The minimum Gasteiger partial charge on any atom is -0.481 e. The van der Waals surface area contributed by atoms with Gasteiger partial charge in [-0.15, -0.1) is 11.6 Å². The van der Waals surface area contributed by atoms with E-state index in [1.54, 1.807) is 45.0 Å². The predicted molar refractivity (Wildman–Crippen MR) is 108 cm³/mol. The lowest BCUT2D eigenvalue weighted by Crippen LogP contribution is -2.70. The van der Waals surface area contributed by atoms with Gasteiger partial charge in [0.1, 0.15) is 0 Å². The van der Waals surface area contributed by atoms with E-state index < -0.39 is 40.8 Å². The van der Waals surface area contributed by atoms with E-state index in [9.17, 15) is 19.8 Å². The number of nitrogens with one attached hydrogen (secondary N) is 1. The lowest BCUT2D eigenvalue weighted by Gasteiger charge is -2.56. The molecule has 1 heterocycles. The quantitative estimate of drug-likeness (QED) is 0.429. The molecule has 1 fully saturated rings. The molecule has 0 saturated carbocycles. The summed E-state index contributed by atoms with van der Waals surface area (Å²) < 4.78 is 5.58. The van der Waals surface area contributed by atoms with E-state index in [-0.39, 0.29) is 25.5 Å². The number of benzene rings is 1. The number of aliphatic carboxylic acids is 2. The van der Waals surface area contributed by atoms with E-state index in [2.05, 4.69) is 5.32 Å². The smallest absolute Gasteiger partial charge is 0.311 e. The summed E-state index contributed by atoms with van der Waals surface area (Å²) in [6.07, 6.45) is 0.204. The van der Waals surface area contributed by atoms with Crippen LogP contribution in [-0.2, 0) is 14.3 Å². The lowest BCUT2D eigenvalue weighted by molar-refractivity contribution is -0.174. The Kier molecular flexibility index (Phi) is 7.37. The fraction of sp³-hybridized carbons (Fsp3) is 0.600. The highest BCUT2D eigenvalue weighted by molar-refractivity contribution is 6.31. The molecule has 1 aliphatic heterocycles. The molecule has 1 aromatic carbocycles. The third-order valence-corrected chi connectivity index (χ3v) is 6.75. The topological polar surface area (TPSA) is 95.9 Å². The molecule has 0 radical (unpaired) electrons. The maximum Gasteiger partial charge on any atom is 0.311 e. The molecule has 1 saturated heterocycles. The molecule has 0 aromatic heterocycles. The normalized spacial score (nSPS) is 32.8. The van der Waals surface area contributed by atoms with Crippen molar-refractivity contribution in [3.63, 3.8) is 0 Å². The standard InChI is InChI=1S/C20H27Cl2NO5/c1-4-20(18(26)27)15(11-28-10-9-21)23-12(2)19(3,17(24)25)16(20)13-7-5-6-8-14(13)22/h5-8,12,15-16,23H,4,9-11H2,1-3H3,(H,24,25)(H,26,27). The van der Waals surface area contributed by atoms with Crippen LogP contribution < -0.4 is 5.32 Å². The first-order valence-electron chi connectivity index (χ1n) is 9.28. The van der Waals surface area contributed by atoms with Gasteiger partial charge in [-0.2, -0.15) is 0 Å². The number of hydrogen-bond acceptors (Lipinski definition) is 4. The summed E-state index contributed by atoms with van der Waals surface area (Å²) >= 11 is 12.1. The molecule has 5 atom stereocenters. The van der Waals surface area contributed by atoms with Crippen LogP contribution >= 0.6 is 23.2 Å². The molecule has 2 rings (SSSR count). The number of halogens is 2. The predicted octanol–water partition coefficient (Wildman–Crippen LogP) is 3.61. The average molecular weight is 432 g/mol. The summed E-state index contributed by atoms with van der Waals surface area (Å²) in [6, 6.07) is 5.74. The van der Waals surface area contributed by atoms with Crippen LogP contribution in [0.4, 0.5) is 0 Å². The van der Waals surface area contributed by atoms with Gasteiger partial charge in [0.25, 0.3) is 0 Å². The van der Waals surface area contributed by atoms with E-state index in [4.69, 9.17) is 27.9 Å². The van der Waals surface area contributed by atoms with Gasteiger partial charge >= 0.3 is 11.9 Å². The van der Waals surface area contributed by atoms with Gasteiger partial charge in [0.15, 0.2) is 0 Å². The average Bonchev–Trinajstić information content (AvgIpc) is 2.64. The van der Waals surface area contributed by atoms with E-state index in [1.807, 2.05) is 0 Å². The maximum atomic E-state index is 12.7. The lowest BCUT2D eigenvalue weighted by atomic mass is 9.51. The molecule has 3 N–H and O–H groups in total. The van der Waals surface area contributed by atoms with E-state index >= 15 is 0 Å². The number of ether oxygens (including phenoxy) is 1. The highest BCUT2D eigenvalue weighted by Crippen LogP contribution is 2.57. The number of rotatable bonds is 8. The maximum absolute atomic E-state index is 12.7. The van der Waals surface area contributed by atoms with Crippen molar-refractivity contribution < 1.29 is 24.5 Å². The van der Waals surface area contributed by atoms with Gasteiger partial charge < -0.3 is 20.3 Å². The van der Waals surface area contributed by atoms with Crippen LogP contribution in [0, 0.1) is 10.8 Å². The molecule has 156 valence electrons. The Morgan fingerprint density at radius 2 is 1.89 bits per heavy atom. The molecule has 0 bridgehead atoms. The zero-order valence-electron chi connectivity index (χ0n) is 16.2. The minimum absolute atomic E-state index is 0.105. The highest BCUT2D eigenvalue weighted by Gasteiger charge is 2.65. The van der Waals surface area contributed by atoms with Crippen LogP contribution in [0.3, 0.4) is 0 Å². The van der Waals surface area contributed by atoms with Crippen molar-refractivity contribution in [1.82, 2.24) is 5.32 Å². The largest absolute Gasteiger partial charge is 0.481 e. The summed E-state index contributed by atoms with van der Waals surface area (Å²) in [5.41, 5.74) is -2.31. The van der Waals surface area contributed by atoms with Crippen LogP contribution in [0.1, 0.15) is 38.7 Å². The first kappa shape index (κ1) is 22.9. The minimum atomic E-state index is -1.43. The Hall–Kier alpha value is -1.34. The van der Waals surface area contributed by atoms with Crippen molar-refractivity contribution in [1.29, 1.82) is 0 Å². The Morgan fingerprint density at radius 3 is 2.39 bits per heavy atom. The van der Waals surface area contributed by atoms with Crippen molar-refractivity contribution in [2.45, 2.75) is 45.2 Å². The van der Waals surface area contributed by atoms with Crippen LogP contribution in [0.2, 0.25) is 5.02 Å². The van der Waals surface area contributed by atoms with Crippen molar-refractivity contribution in [2.75, 3.05) is 19.1 Å². The number of carboxylic acid groups (broad SMARTS) is 2. The zero-order valence-corrected chi connectivity index (χ0v) is 17.8. The van der Waals surface area contributed by atoms with Gasteiger partial charge in [-0.25, -0.2) is 0 Å². The van der Waals surface area contributed by atoms with Crippen molar-refractivity contribution in [2.24, 2.45) is 10.8 Å². The second kappa shape index (κ2) is 8.99. The van der Waals surface area contributed by atoms with Gasteiger partial charge in [0.2, 0.25) is 0 Å². The fourth-order valence-corrected chi connectivity index (χ4v) is 4.91. The highest BCUT2D eigenvalue weighted by atomic mass is 35.5. The van der Waals surface area contributed by atoms with Crippen LogP contribution in [0.15, 0.2) is 24.3 Å². The number of alkyl halides is 1. The second-order valence-corrected chi connectivity index (χ2v) is 8.23. The third kappa shape index (κ3) is 3.63. The van der Waals surface area contributed by atoms with Crippen molar-refractivity contribution in [3.05, 3.63) is 34.9 Å². The zero-order chi connectivity index (χ0) is 21.1.